The van der Waals surface area contributed by atoms with Gasteiger partial charge < -0.3 is 5.11 Å². The van der Waals surface area contributed by atoms with Crippen LogP contribution < -0.4 is 0 Å². The number of hydrogen-bond donors (Lipinski definition) is 1. The summed E-state index contributed by atoms with van der Waals surface area (Å²) in [6.45, 7) is 8.41. The van der Waals surface area contributed by atoms with Crippen LogP contribution in [0.2, 0.25) is 6.32 Å². The van der Waals surface area contributed by atoms with Gasteiger partial charge in [-0.2, -0.15) is 0 Å². The van der Waals surface area contributed by atoms with Gasteiger partial charge in [-0.15, -0.1) is 0 Å². The summed E-state index contributed by atoms with van der Waals surface area (Å²) in [7, 11) is 5.52. The van der Waals surface area contributed by atoms with Gasteiger partial charge in [-0.05, 0) is 31.1 Å². The fourth-order valence-electron chi connectivity index (χ4n) is 4.41. The summed E-state index contributed by atoms with van der Waals surface area (Å²) in [6.07, 6.45) is 8.59. The lowest BCUT2D eigenvalue weighted by atomic mass is 9.76. The number of hydrogen-bond acceptors (Lipinski definition) is 3. The van der Waals surface area contributed by atoms with Crippen LogP contribution in [0.3, 0.4) is 0 Å². The molecule has 4 heteroatoms. The molecule has 2 radical (unpaired) electrons. The maximum absolute atomic E-state index is 12.7. The van der Waals surface area contributed by atoms with E-state index in [4.69, 9.17) is 7.85 Å². The smallest absolute Gasteiger partial charge is 0.138 e. The van der Waals surface area contributed by atoms with Crippen LogP contribution in [-0.2, 0) is 9.59 Å². The predicted octanol–water partition coefficient (Wildman–Crippen LogP) is 4.90. The van der Waals surface area contributed by atoms with E-state index in [-0.39, 0.29) is 35.2 Å². The van der Waals surface area contributed by atoms with Crippen molar-refractivity contribution < 1.29 is 14.7 Å². The second-order valence-electron chi connectivity index (χ2n) is 9.06. The van der Waals surface area contributed by atoms with Crippen molar-refractivity contribution in [3.63, 3.8) is 0 Å². The normalized spacial score (nSPS) is 24.8. The maximum atomic E-state index is 12.7. The van der Waals surface area contributed by atoms with Crippen LogP contribution in [0, 0.1) is 23.2 Å². The van der Waals surface area contributed by atoms with Crippen LogP contribution in [0.15, 0.2) is 0 Å². The van der Waals surface area contributed by atoms with Crippen LogP contribution in [0.1, 0.15) is 91.9 Å². The summed E-state index contributed by atoms with van der Waals surface area (Å²) in [5.41, 5.74) is -0.319. The Labute approximate surface area is 162 Å². The number of carbonyl (C=O) groups excluding carboxylic acids is 2. The standard InChI is InChI=1S/C22H39BO3/c1-5-16(2)15-22(3,4)21(26)12-11-18-17(19(24)14-20(18)25)10-8-6-7-9-13-23/h16-18,20,25H,5-15H2,1-4H3. The molecule has 1 N–H and O–H groups in total. The fraction of sp³-hybridized carbons (Fsp3) is 0.909. The number of unbranched alkanes of at least 4 members (excludes halogenated alkanes) is 3. The van der Waals surface area contributed by atoms with E-state index >= 15 is 0 Å². The van der Waals surface area contributed by atoms with Gasteiger partial charge in [0, 0.05) is 24.2 Å². The zero-order valence-electron chi connectivity index (χ0n) is 17.4. The van der Waals surface area contributed by atoms with E-state index in [9.17, 15) is 14.7 Å². The van der Waals surface area contributed by atoms with Crippen LogP contribution in [0.25, 0.3) is 0 Å². The molecule has 0 spiro atoms. The molecule has 0 aromatic rings. The van der Waals surface area contributed by atoms with E-state index in [0.29, 0.717) is 18.8 Å². The molecule has 1 aliphatic carbocycles. The highest BCUT2D eigenvalue weighted by molar-refractivity contribution is 6.08. The molecule has 3 nitrogen and oxygen atoms in total. The average molecular weight is 362 g/mol. The van der Waals surface area contributed by atoms with Crippen molar-refractivity contribution in [1.82, 2.24) is 0 Å². The predicted molar refractivity (Wildman–Crippen MR) is 108 cm³/mol. The van der Waals surface area contributed by atoms with E-state index < -0.39 is 6.10 Å². The number of rotatable bonds is 13. The van der Waals surface area contributed by atoms with Gasteiger partial charge in [0.1, 0.15) is 11.6 Å². The monoisotopic (exact) mass is 362 g/mol. The molecule has 0 bridgehead atoms. The lowest BCUT2D eigenvalue weighted by Crippen LogP contribution is -2.29. The van der Waals surface area contributed by atoms with Crippen LogP contribution in [-0.4, -0.2) is 30.6 Å². The minimum Gasteiger partial charge on any atom is -0.392 e. The average Bonchev–Trinajstić information content (AvgIpc) is 2.85. The highest BCUT2D eigenvalue weighted by Crippen LogP contribution is 2.38. The zero-order chi connectivity index (χ0) is 19.7. The van der Waals surface area contributed by atoms with Gasteiger partial charge in [0.2, 0.25) is 0 Å². The second-order valence-corrected chi connectivity index (χ2v) is 9.06. The van der Waals surface area contributed by atoms with E-state index in [0.717, 1.165) is 51.3 Å². The molecule has 1 saturated carbocycles. The first-order valence-corrected chi connectivity index (χ1v) is 10.7. The number of aliphatic hydroxyl groups excluding tert-OH is 1. The molecule has 0 saturated heterocycles. The fourth-order valence-corrected chi connectivity index (χ4v) is 4.41. The molecule has 148 valence electrons. The van der Waals surface area contributed by atoms with Crippen molar-refractivity contribution in [1.29, 1.82) is 0 Å². The van der Waals surface area contributed by atoms with Crippen molar-refractivity contribution in [2.75, 3.05) is 0 Å². The molecule has 0 aromatic heterocycles. The Bertz CT molecular complexity index is 447. The van der Waals surface area contributed by atoms with Gasteiger partial charge in [-0.3, -0.25) is 9.59 Å². The molecular weight excluding hydrogens is 323 g/mol. The highest BCUT2D eigenvalue weighted by atomic mass is 16.3. The van der Waals surface area contributed by atoms with E-state index in [2.05, 4.69) is 13.8 Å². The largest absolute Gasteiger partial charge is 0.392 e. The Morgan fingerprint density at radius 1 is 1.23 bits per heavy atom. The third-order valence-corrected chi connectivity index (χ3v) is 6.32. The minimum atomic E-state index is -0.568. The summed E-state index contributed by atoms with van der Waals surface area (Å²) < 4.78 is 0. The highest BCUT2D eigenvalue weighted by Gasteiger charge is 2.41. The van der Waals surface area contributed by atoms with Crippen molar-refractivity contribution in [2.24, 2.45) is 23.2 Å². The van der Waals surface area contributed by atoms with E-state index in [1.807, 2.05) is 13.8 Å². The Balaban J connectivity index is 2.53. The molecule has 0 amide bonds. The molecule has 4 unspecified atom stereocenters. The lowest BCUT2D eigenvalue weighted by molar-refractivity contribution is -0.129. The number of Topliss-reactive ketones (excluding diaryl/α,β-unsaturated/α-hetero) is 2. The first kappa shape index (κ1) is 23.4. The quantitative estimate of drug-likeness (QED) is 0.374. The van der Waals surface area contributed by atoms with Crippen molar-refractivity contribution >= 4 is 19.4 Å². The summed E-state index contributed by atoms with van der Waals surface area (Å²) in [5, 5.41) is 10.3. The zero-order valence-corrected chi connectivity index (χ0v) is 17.4. The first-order valence-electron chi connectivity index (χ1n) is 10.7. The summed E-state index contributed by atoms with van der Waals surface area (Å²) in [4.78, 5) is 25.0. The second kappa shape index (κ2) is 11.3. The minimum absolute atomic E-state index is 0.0413. The lowest BCUT2D eigenvalue weighted by Gasteiger charge is -2.28. The molecule has 1 rings (SSSR count). The number of carbonyl (C=O) groups is 2. The van der Waals surface area contributed by atoms with Gasteiger partial charge in [-0.1, -0.05) is 66.1 Å². The van der Waals surface area contributed by atoms with Crippen molar-refractivity contribution in [3.8, 4) is 0 Å². The molecular formula is C22H39BO3. The number of aliphatic hydroxyl groups is 1. The molecule has 0 aliphatic heterocycles. The molecule has 0 heterocycles. The van der Waals surface area contributed by atoms with Gasteiger partial charge in [0.25, 0.3) is 0 Å². The Kier molecular flexibility index (Phi) is 10.1. The summed E-state index contributed by atoms with van der Waals surface area (Å²) in [5.74, 6) is 0.890. The maximum Gasteiger partial charge on any atom is 0.138 e. The van der Waals surface area contributed by atoms with Gasteiger partial charge in [-0.25, -0.2) is 0 Å². The van der Waals surface area contributed by atoms with Gasteiger partial charge in [0.05, 0.1) is 14.0 Å². The van der Waals surface area contributed by atoms with Crippen LogP contribution in [0.4, 0.5) is 0 Å². The molecule has 1 fully saturated rings. The Morgan fingerprint density at radius 2 is 1.88 bits per heavy atom. The van der Waals surface area contributed by atoms with E-state index in [1.165, 1.54) is 0 Å². The van der Waals surface area contributed by atoms with Gasteiger partial charge in [0.15, 0.2) is 0 Å². The van der Waals surface area contributed by atoms with Crippen molar-refractivity contribution in [3.05, 3.63) is 0 Å². The third kappa shape index (κ3) is 7.17. The van der Waals surface area contributed by atoms with Crippen molar-refractivity contribution in [2.45, 2.75) is 104 Å². The molecule has 1 aliphatic rings. The summed E-state index contributed by atoms with van der Waals surface area (Å²) in [6, 6.07) is 0. The van der Waals surface area contributed by atoms with Crippen LogP contribution >= 0.6 is 0 Å². The number of ketones is 2. The first-order chi connectivity index (χ1) is 12.2. The van der Waals surface area contributed by atoms with Gasteiger partial charge >= 0.3 is 0 Å². The molecule has 4 atom stereocenters. The molecule has 26 heavy (non-hydrogen) atoms. The Morgan fingerprint density at radius 3 is 2.50 bits per heavy atom. The van der Waals surface area contributed by atoms with E-state index in [1.54, 1.807) is 0 Å². The SMILES string of the molecule is [B]CCCCCCC1C(=O)CC(O)C1CCC(=O)C(C)(C)CC(C)CC. The van der Waals surface area contributed by atoms with Crippen LogP contribution in [0.5, 0.6) is 0 Å². The molecule has 0 aromatic carbocycles. The third-order valence-electron chi connectivity index (χ3n) is 6.32. The topological polar surface area (TPSA) is 54.4 Å². The Hall–Kier alpha value is -0.635. The summed E-state index contributed by atoms with van der Waals surface area (Å²) >= 11 is 0.